The lowest BCUT2D eigenvalue weighted by molar-refractivity contribution is 0.253. The van der Waals surface area contributed by atoms with Crippen LogP contribution in [-0.4, -0.2) is 21.0 Å². The molecule has 2 amide bonds. The summed E-state index contributed by atoms with van der Waals surface area (Å²) in [4.78, 5) is 11.7. The third-order valence-corrected chi connectivity index (χ3v) is 4.85. The zero-order valence-corrected chi connectivity index (χ0v) is 15.0. The van der Waals surface area contributed by atoms with Gasteiger partial charge in [0.15, 0.2) is 0 Å². The van der Waals surface area contributed by atoms with Crippen molar-refractivity contribution in [3.05, 3.63) is 65.7 Å². The molecule has 24 heavy (non-hydrogen) atoms. The summed E-state index contributed by atoms with van der Waals surface area (Å²) in [6, 6.07) is 12.3. The van der Waals surface area contributed by atoms with E-state index in [1.165, 1.54) is 12.1 Å². The summed E-state index contributed by atoms with van der Waals surface area (Å²) in [6.45, 7) is 3.86. The first-order valence-electron chi connectivity index (χ1n) is 6.95. The normalized spacial score (nSPS) is 10.7. The highest BCUT2D eigenvalue weighted by atomic mass is 79.9. The molecule has 0 spiro atoms. The molecule has 0 saturated heterocycles. The van der Waals surface area contributed by atoms with Gasteiger partial charge in [-0.1, -0.05) is 22.0 Å². The molecule has 0 aromatic heterocycles. The van der Waals surface area contributed by atoms with Crippen LogP contribution < -0.4 is 15.4 Å². The van der Waals surface area contributed by atoms with Crippen LogP contribution in [0.3, 0.4) is 0 Å². The van der Waals surface area contributed by atoms with Crippen LogP contribution in [0, 0.1) is 0 Å². The quantitative estimate of drug-likeness (QED) is 0.637. The van der Waals surface area contributed by atoms with Crippen LogP contribution >= 0.6 is 15.9 Å². The summed E-state index contributed by atoms with van der Waals surface area (Å²) in [5, 5.41) is 5.20. The topological polar surface area (TPSA) is 87.3 Å². The van der Waals surface area contributed by atoms with Gasteiger partial charge in [-0.15, -0.1) is 6.58 Å². The van der Waals surface area contributed by atoms with Crippen molar-refractivity contribution in [2.45, 2.75) is 4.90 Å². The van der Waals surface area contributed by atoms with E-state index < -0.39 is 10.0 Å². The number of urea groups is 1. The van der Waals surface area contributed by atoms with E-state index in [-0.39, 0.29) is 10.9 Å². The van der Waals surface area contributed by atoms with E-state index >= 15 is 0 Å². The van der Waals surface area contributed by atoms with Crippen LogP contribution in [0.25, 0.3) is 0 Å². The Labute approximate surface area is 149 Å². The van der Waals surface area contributed by atoms with Crippen molar-refractivity contribution >= 4 is 43.4 Å². The minimum atomic E-state index is -3.66. The molecule has 3 N–H and O–H groups in total. The molecule has 0 radical (unpaired) electrons. The van der Waals surface area contributed by atoms with Crippen LogP contribution in [0.15, 0.2) is 70.6 Å². The smallest absolute Gasteiger partial charge is 0.319 e. The molecule has 2 aromatic rings. The van der Waals surface area contributed by atoms with Gasteiger partial charge in [-0.25, -0.2) is 13.2 Å². The molecule has 2 aromatic carbocycles. The predicted molar refractivity (Wildman–Crippen MR) is 98.6 cm³/mol. The van der Waals surface area contributed by atoms with Gasteiger partial charge in [0.25, 0.3) is 10.0 Å². The summed E-state index contributed by atoms with van der Waals surface area (Å²) in [5.41, 5.74) is 0.943. The Kier molecular flexibility index (Phi) is 5.99. The molecule has 0 aliphatic rings. The Morgan fingerprint density at radius 1 is 1.04 bits per heavy atom. The van der Waals surface area contributed by atoms with E-state index in [9.17, 15) is 13.2 Å². The molecule has 0 fully saturated rings. The number of carbonyl (C=O) groups is 1. The molecule has 0 aliphatic carbocycles. The molecule has 8 heteroatoms. The van der Waals surface area contributed by atoms with E-state index in [0.717, 1.165) is 4.47 Å². The van der Waals surface area contributed by atoms with Gasteiger partial charge < -0.3 is 10.6 Å². The molecule has 0 aliphatic heterocycles. The Morgan fingerprint density at radius 3 is 2.21 bits per heavy atom. The van der Waals surface area contributed by atoms with E-state index in [2.05, 4.69) is 37.9 Å². The van der Waals surface area contributed by atoms with E-state index in [1.54, 1.807) is 42.5 Å². The van der Waals surface area contributed by atoms with Crippen LogP contribution in [0.1, 0.15) is 0 Å². The maximum absolute atomic E-state index is 12.3. The first-order valence-corrected chi connectivity index (χ1v) is 9.22. The summed E-state index contributed by atoms with van der Waals surface area (Å²) < 4.78 is 27.8. The molecular formula is C16H16BrN3O3S. The summed E-state index contributed by atoms with van der Waals surface area (Å²) in [6.07, 6.45) is 1.57. The van der Waals surface area contributed by atoms with Crippen molar-refractivity contribution in [1.82, 2.24) is 5.32 Å². The largest absolute Gasteiger partial charge is 0.334 e. The molecule has 0 atom stereocenters. The van der Waals surface area contributed by atoms with Gasteiger partial charge in [-0.05, 0) is 48.5 Å². The van der Waals surface area contributed by atoms with Crippen molar-refractivity contribution in [3.63, 3.8) is 0 Å². The Bertz CT molecular complexity index is 819. The zero-order valence-electron chi connectivity index (χ0n) is 12.6. The number of hydrogen-bond acceptors (Lipinski definition) is 3. The second-order valence-corrected chi connectivity index (χ2v) is 7.36. The fourth-order valence-corrected chi connectivity index (χ4v) is 3.11. The average Bonchev–Trinajstić information content (AvgIpc) is 2.55. The number of rotatable bonds is 6. The van der Waals surface area contributed by atoms with E-state index in [0.29, 0.717) is 17.9 Å². The lowest BCUT2D eigenvalue weighted by atomic mass is 10.3. The Morgan fingerprint density at radius 2 is 1.62 bits per heavy atom. The first kappa shape index (κ1) is 18.0. The summed E-state index contributed by atoms with van der Waals surface area (Å²) >= 11 is 3.26. The van der Waals surface area contributed by atoms with Gasteiger partial charge in [0.05, 0.1) is 4.90 Å². The molecule has 0 bridgehead atoms. The molecule has 0 unspecified atom stereocenters. The maximum atomic E-state index is 12.3. The number of halogens is 1. The number of hydrogen-bond donors (Lipinski definition) is 3. The van der Waals surface area contributed by atoms with Crippen molar-refractivity contribution in [2.75, 3.05) is 16.6 Å². The maximum Gasteiger partial charge on any atom is 0.319 e. The van der Waals surface area contributed by atoms with Crippen molar-refractivity contribution in [1.29, 1.82) is 0 Å². The highest BCUT2D eigenvalue weighted by Gasteiger charge is 2.13. The van der Waals surface area contributed by atoms with Gasteiger partial charge in [0.2, 0.25) is 0 Å². The number of benzene rings is 2. The van der Waals surface area contributed by atoms with Gasteiger partial charge in [-0.2, -0.15) is 0 Å². The van der Waals surface area contributed by atoms with Crippen LogP contribution in [-0.2, 0) is 10.0 Å². The predicted octanol–water partition coefficient (Wildman–Crippen LogP) is 3.56. The molecule has 126 valence electrons. The minimum absolute atomic E-state index is 0.164. The fraction of sp³-hybridized carbons (Fsp3) is 0.0625. The highest BCUT2D eigenvalue weighted by molar-refractivity contribution is 9.10. The lowest BCUT2D eigenvalue weighted by Gasteiger charge is -2.10. The average molecular weight is 410 g/mol. The van der Waals surface area contributed by atoms with Crippen molar-refractivity contribution in [2.24, 2.45) is 0 Å². The monoisotopic (exact) mass is 409 g/mol. The second kappa shape index (κ2) is 7.98. The van der Waals surface area contributed by atoms with Crippen LogP contribution in [0.4, 0.5) is 16.2 Å². The van der Waals surface area contributed by atoms with Crippen LogP contribution in [0.5, 0.6) is 0 Å². The molecular weight excluding hydrogens is 394 g/mol. The lowest BCUT2D eigenvalue weighted by Crippen LogP contribution is -2.28. The summed E-state index contributed by atoms with van der Waals surface area (Å²) in [7, 11) is -3.66. The van der Waals surface area contributed by atoms with Gasteiger partial charge in [0.1, 0.15) is 0 Å². The number of nitrogens with one attached hydrogen (secondary N) is 3. The minimum Gasteiger partial charge on any atom is -0.334 e. The van der Waals surface area contributed by atoms with E-state index in [1.807, 2.05) is 0 Å². The third kappa shape index (κ3) is 5.10. The third-order valence-electron chi connectivity index (χ3n) is 2.93. The van der Waals surface area contributed by atoms with Gasteiger partial charge >= 0.3 is 6.03 Å². The Hall–Kier alpha value is -2.32. The van der Waals surface area contributed by atoms with Crippen molar-refractivity contribution in [3.8, 4) is 0 Å². The van der Waals surface area contributed by atoms with Crippen molar-refractivity contribution < 1.29 is 13.2 Å². The number of sulfonamides is 1. The van der Waals surface area contributed by atoms with Gasteiger partial charge in [-0.3, -0.25) is 4.72 Å². The number of carbonyl (C=O) groups excluding carboxylic acids is 1. The molecule has 0 heterocycles. The summed E-state index contributed by atoms with van der Waals surface area (Å²) in [5.74, 6) is 0. The zero-order chi connectivity index (χ0) is 17.6. The number of amides is 2. The first-order chi connectivity index (χ1) is 11.4. The van der Waals surface area contributed by atoms with E-state index in [4.69, 9.17) is 0 Å². The SMILES string of the molecule is C=CCNC(=O)Nc1ccc(NS(=O)(=O)c2ccc(Br)cc2)cc1. The standard InChI is InChI=1S/C16H16BrN3O3S/c1-2-11-18-16(21)19-13-5-7-14(8-6-13)20-24(22,23)15-9-3-12(17)4-10-15/h2-10,20H,1,11H2,(H2,18,19,21). The highest BCUT2D eigenvalue weighted by Crippen LogP contribution is 2.20. The van der Waals surface area contributed by atoms with Crippen LogP contribution in [0.2, 0.25) is 0 Å². The number of anilines is 2. The Balaban J connectivity index is 2.04. The molecule has 0 saturated carbocycles. The second-order valence-electron chi connectivity index (χ2n) is 4.76. The fourth-order valence-electron chi connectivity index (χ4n) is 1.79. The molecule has 6 nitrogen and oxygen atoms in total. The molecule has 2 rings (SSSR count). The van der Waals surface area contributed by atoms with Gasteiger partial charge in [0, 0.05) is 22.4 Å².